The van der Waals surface area contributed by atoms with Crippen LogP contribution in [0, 0.1) is 12.8 Å². The molecule has 0 unspecified atom stereocenters. The van der Waals surface area contributed by atoms with Crippen LogP contribution >= 0.6 is 0 Å². The Hall–Kier alpha value is -1.92. The van der Waals surface area contributed by atoms with E-state index in [1.54, 1.807) is 6.07 Å². The van der Waals surface area contributed by atoms with Gasteiger partial charge in [-0.1, -0.05) is 0 Å². The van der Waals surface area contributed by atoms with Crippen LogP contribution in [0.2, 0.25) is 0 Å². The van der Waals surface area contributed by atoms with Crippen molar-refractivity contribution < 1.29 is 9.84 Å². The van der Waals surface area contributed by atoms with Gasteiger partial charge in [-0.3, -0.25) is 4.98 Å². The summed E-state index contributed by atoms with van der Waals surface area (Å²) in [5.74, 6) is 1.76. The van der Waals surface area contributed by atoms with Crippen LogP contribution in [-0.4, -0.2) is 32.9 Å². The fourth-order valence-corrected chi connectivity index (χ4v) is 3.32. The third-order valence-electron chi connectivity index (χ3n) is 4.68. The summed E-state index contributed by atoms with van der Waals surface area (Å²) in [5, 5.41) is 13.6. The van der Waals surface area contributed by atoms with E-state index >= 15 is 0 Å². The number of aryl methyl sites for hydroxylation is 2. The molecule has 2 aromatic rings. The van der Waals surface area contributed by atoms with E-state index in [0.29, 0.717) is 18.2 Å². The van der Waals surface area contributed by atoms with Crippen molar-refractivity contribution in [2.45, 2.75) is 45.8 Å². The van der Waals surface area contributed by atoms with Crippen molar-refractivity contribution in [3.05, 3.63) is 41.7 Å². The van der Waals surface area contributed by atoms with Crippen LogP contribution < -0.4 is 5.32 Å². The fourth-order valence-electron chi connectivity index (χ4n) is 3.32. The molecule has 130 valence electrons. The van der Waals surface area contributed by atoms with Crippen LogP contribution in [0.1, 0.15) is 43.0 Å². The Labute approximate surface area is 142 Å². The summed E-state index contributed by atoms with van der Waals surface area (Å²) >= 11 is 0. The lowest BCUT2D eigenvalue weighted by Gasteiger charge is -2.31. The predicted molar refractivity (Wildman–Crippen MR) is 91.7 cm³/mol. The van der Waals surface area contributed by atoms with E-state index in [2.05, 4.69) is 26.8 Å². The molecule has 1 saturated heterocycles. The Kier molecular flexibility index (Phi) is 5.48. The molecule has 3 rings (SSSR count). The molecule has 0 amide bonds. The highest BCUT2D eigenvalue weighted by molar-refractivity contribution is 5.27. The first-order valence-corrected chi connectivity index (χ1v) is 8.66. The molecular weight excluding hydrogens is 304 g/mol. The van der Waals surface area contributed by atoms with Gasteiger partial charge in [-0.05, 0) is 44.7 Å². The van der Waals surface area contributed by atoms with Gasteiger partial charge in [-0.25, -0.2) is 4.98 Å². The first-order chi connectivity index (χ1) is 11.7. The summed E-state index contributed by atoms with van der Waals surface area (Å²) in [7, 11) is 0. The Morgan fingerprint density at radius 3 is 2.92 bits per heavy atom. The lowest BCUT2D eigenvalue weighted by molar-refractivity contribution is 0.0516. The minimum Gasteiger partial charge on any atom is -0.506 e. The van der Waals surface area contributed by atoms with Crippen LogP contribution in [0.25, 0.3) is 0 Å². The summed E-state index contributed by atoms with van der Waals surface area (Å²) in [6.07, 6.45) is 5.91. The van der Waals surface area contributed by atoms with Gasteiger partial charge in [0.15, 0.2) is 0 Å². The van der Waals surface area contributed by atoms with Crippen molar-refractivity contribution in [3.8, 4) is 5.75 Å². The van der Waals surface area contributed by atoms with Gasteiger partial charge in [-0.2, -0.15) is 0 Å². The van der Waals surface area contributed by atoms with Crippen molar-refractivity contribution in [2.75, 3.05) is 13.2 Å². The molecule has 6 nitrogen and oxygen atoms in total. The Morgan fingerprint density at radius 1 is 1.38 bits per heavy atom. The van der Waals surface area contributed by atoms with E-state index in [1.807, 2.05) is 25.4 Å². The molecular formula is C18H26N4O2. The number of nitrogens with one attached hydrogen (secondary N) is 1. The second kappa shape index (κ2) is 7.77. The molecule has 1 fully saturated rings. The van der Waals surface area contributed by atoms with E-state index in [-0.39, 0.29) is 11.8 Å². The maximum Gasteiger partial charge on any atom is 0.138 e. The van der Waals surface area contributed by atoms with Gasteiger partial charge in [0, 0.05) is 44.4 Å². The van der Waals surface area contributed by atoms with Gasteiger partial charge in [0.05, 0.1) is 11.7 Å². The van der Waals surface area contributed by atoms with Crippen molar-refractivity contribution >= 4 is 0 Å². The van der Waals surface area contributed by atoms with Gasteiger partial charge < -0.3 is 19.7 Å². The van der Waals surface area contributed by atoms with Gasteiger partial charge >= 0.3 is 0 Å². The minimum absolute atomic E-state index is 0.130. The predicted octanol–water partition coefficient (Wildman–Crippen LogP) is 2.57. The lowest BCUT2D eigenvalue weighted by atomic mass is 9.91. The van der Waals surface area contributed by atoms with E-state index in [1.165, 1.54) is 0 Å². The average molecular weight is 330 g/mol. The fraction of sp³-hybridized carbons (Fsp3) is 0.556. The summed E-state index contributed by atoms with van der Waals surface area (Å²) in [5.41, 5.74) is 1.59. The SMILES string of the molecule is CCn1ccnc1[C@H](NCc1nc(C)ccc1O)C1CCOCC1. The first kappa shape index (κ1) is 16.9. The zero-order valence-electron chi connectivity index (χ0n) is 14.4. The zero-order chi connectivity index (χ0) is 16.9. The number of rotatable bonds is 6. The zero-order valence-corrected chi connectivity index (χ0v) is 14.4. The molecule has 0 radical (unpaired) electrons. The second-order valence-corrected chi connectivity index (χ2v) is 6.30. The molecule has 0 spiro atoms. The minimum atomic E-state index is 0.130. The summed E-state index contributed by atoms with van der Waals surface area (Å²) in [4.78, 5) is 9.04. The highest BCUT2D eigenvalue weighted by atomic mass is 16.5. The van der Waals surface area contributed by atoms with Crippen LogP contribution in [0.4, 0.5) is 0 Å². The van der Waals surface area contributed by atoms with E-state index in [9.17, 15) is 5.11 Å². The number of aromatic nitrogens is 3. The third kappa shape index (κ3) is 3.76. The molecule has 0 aliphatic carbocycles. The van der Waals surface area contributed by atoms with Crippen molar-refractivity contribution in [1.82, 2.24) is 19.9 Å². The molecule has 0 bridgehead atoms. The molecule has 6 heteroatoms. The van der Waals surface area contributed by atoms with Crippen LogP contribution in [0.3, 0.4) is 0 Å². The van der Waals surface area contributed by atoms with E-state index < -0.39 is 0 Å². The number of nitrogens with zero attached hydrogens (tertiary/aromatic N) is 3. The number of ether oxygens (including phenoxy) is 1. The van der Waals surface area contributed by atoms with Gasteiger partial charge in [-0.15, -0.1) is 0 Å². The molecule has 0 saturated carbocycles. The number of hydrogen-bond acceptors (Lipinski definition) is 5. The molecule has 1 aliphatic heterocycles. The van der Waals surface area contributed by atoms with Crippen molar-refractivity contribution in [3.63, 3.8) is 0 Å². The summed E-state index contributed by atoms with van der Waals surface area (Å²) in [6.45, 7) is 7.06. The van der Waals surface area contributed by atoms with Crippen molar-refractivity contribution in [1.29, 1.82) is 0 Å². The quantitative estimate of drug-likeness (QED) is 0.852. The third-order valence-corrected chi connectivity index (χ3v) is 4.68. The van der Waals surface area contributed by atoms with Crippen LogP contribution in [-0.2, 0) is 17.8 Å². The second-order valence-electron chi connectivity index (χ2n) is 6.30. The highest BCUT2D eigenvalue weighted by Gasteiger charge is 2.28. The van der Waals surface area contributed by atoms with Crippen molar-refractivity contribution in [2.24, 2.45) is 5.92 Å². The van der Waals surface area contributed by atoms with E-state index in [0.717, 1.165) is 44.1 Å². The topological polar surface area (TPSA) is 72.2 Å². The smallest absolute Gasteiger partial charge is 0.138 e. The Bertz CT molecular complexity index is 665. The van der Waals surface area contributed by atoms with Crippen LogP contribution in [0.15, 0.2) is 24.5 Å². The van der Waals surface area contributed by atoms with Crippen LogP contribution in [0.5, 0.6) is 5.75 Å². The maximum absolute atomic E-state index is 10.0. The molecule has 2 aromatic heterocycles. The Morgan fingerprint density at radius 2 is 2.17 bits per heavy atom. The molecule has 1 atom stereocenters. The first-order valence-electron chi connectivity index (χ1n) is 8.66. The molecule has 2 N–H and O–H groups in total. The highest BCUT2D eigenvalue weighted by Crippen LogP contribution is 2.30. The molecule has 3 heterocycles. The number of aromatic hydroxyl groups is 1. The average Bonchev–Trinajstić information content (AvgIpc) is 3.07. The number of pyridine rings is 1. The van der Waals surface area contributed by atoms with Gasteiger partial charge in [0.2, 0.25) is 0 Å². The van der Waals surface area contributed by atoms with Gasteiger partial charge in [0.1, 0.15) is 11.6 Å². The maximum atomic E-state index is 10.0. The number of hydrogen-bond donors (Lipinski definition) is 2. The molecule has 24 heavy (non-hydrogen) atoms. The van der Waals surface area contributed by atoms with E-state index in [4.69, 9.17) is 4.74 Å². The normalized spacial score (nSPS) is 17.1. The van der Waals surface area contributed by atoms with Gasteiger partial charge in [0.25, 0.3) is 0 Å². The molecule has 0 aromatic carbocycles. The lowest BCUT2D eigenvalue weighted by Crippen LogP contribution is -2.34. The number of imidazole rings is 1. The monoisotopic (exact) mass is 330 g/mol. The molecule has 1 aliphatic rings. The summed E-state index contributed by atoms with van der Waals surface area (Å²) < 4.78 is 7.69. The standard InChI is InChI=1S/C18H26N4O2/c1-3-22-9-8-19-18(22)17(14-6-10-24-11-7-14)20-12-15-16(23)5-4-13(2)21-15/h4-5,8-9,14,17,20,23H,3,6-7,10-12H2,1-2H3/t17-/m1/s1. The Balaban J connectivity index is 1.80. The summed E-state index contributed by atoms with van der Waals surface area (Å²) in [6, 6.07) is 3.65. The largest absolute Gasteiger partial charge is 0.506 e.